The molecular formula is C10H12Cl3N3O3. The van der Waals surface area contributed by atoms with Gasteiger partial charge in [-0.1, -0.05) is 34.4 Å². The van der Waals surface area contributed by atoms with Gasteiger partial charge in [0.05, 0.1) is 0 Å². The fourth-order valence-corrected chi connectivity index (χ4v) is 1.93. The summed E-state index contributed by atoms with van der Waals surface area (Å²) in [6.07, 6.45) is -1.06. The lowest BCUT2D eigenvalue weighted by atomic mass is 10.1. The minimum Gasteiger partial charge on any atom is -0.408 e. The van der Waals surface area contributed by atoms with Crippen molar-refractivity contribution in [2.24, 2.45) is 10.9 Å². The first-order chi connectivity index (χ1) is 8.51. The van der Waals surface area contributed by atoms with Gasteiger partial charge in [-0.2, -0.15) is 0 Å². The molecule has 106 valence electrons. The molecule has 9 heteroatoms. The highest BCUT2D eigenvalue weighted by Crippen LogP contribution is 2.32. The number of carbonyl (C=O) groups is 1. The first kappa shape index (κ1) is 17.8. The number of halogens is 3. The molecule has 1 unspecified atom stereocenters. The highest BCUT2D eigenvalue weighted by Gasteiger charge is 2.25. The molecule has 4 N–H and O–H groups in total. The zero-order valence-corrected chi connectivity index (χ0v) is 12.1. The Labute approximate surface area is 125 Å². The summed E-state index contributed by atoms with van der Waals surface area (Å²) in [5, 5.41) is 13.7. The van der Waals surface area contributed by atoms with Crippen molar-refractivity contribution in [3.05, 3.63) is 33.8 Å². The summed E-state index contributed by atoms with van der Waals surface area (Å²) in [6, 6.07) is 4.79. The van der Waals surface area contributed by atoms with E-state index in [1.54, 1.807) is 18.2 Å². The van der Waals surface area contributed by atoms with Crippen molar-refractivity contribution >= 4 is 47.5 Å². The molecular weight excluding hydrogens is 316 g/mol. The van der Waals surface area contributed by atoms with Crippen molar-refractivity contribution in [2.75, 3.05) is 7.11 Å². The average molecular weight is 329 g/mol. The van der Waals surface area contributed by atoms with Crippen LogP contribution in [-0.2, 0) is 9.53 Å². The number of nitrogens with two attached hydrogens (primary N) is 1. The summed E-state index contributed by atoms with van der Waals surface area (Å²) in [7, 11) is 1.32. The maximum atomic E-state index is 11.8. The van der Waals surface area contributed by atoms with Crippen molar-refractivity contribution in [2.45, 2.75) is 6.10 Å². The fraction of sp³-hybridized carbons (Fsp3) is 0.200. The predicted octanol–water partition coefficient (Wildman–Crippen LogP) is 1.92. The number of amides is 1. The number of hydrogen-bond acceptors (Lipinski definition) is 4. The number of nitrogens with zero attached hydrogens (tertiary/aromatic N) is 1. The second kappa shape index (κ2) is 8.06. The lowest BCUT2D eigenvalue weighted by molar-refractivity contribution is -0.129. The third kappa shape index (κ3) is 4.43. The Morgan fingerprint density at radius 2 is 2.00 bits per heavy atom. The van der Waals surface area contributed by atoms with E-state index in [9.17, 15) is 4.79 Å². The van der Waals surface area contributed by atoms with Gasteiger partial charge in [-0.05, 0) is 12.1 Å². The van der Waals surface area contributed by atoms with E-state index < -0.39 is 18.0 Å². The van der Waals surface area contributed by atoms with Gasteiger partial charge in [0.15, 0.2) is 6.10 Å². The van der Waals surface area contributed by atoms with Gasteiger partial charge in [-0.3, -0.25) is 10.1 Å². The number of hydrogen-bond donors (Lipinski definition) is 3. The van der Waals surface area contributed by atoms with Gasteiger partial charge in [-0.25, -0.2) is 0 Å². The van der Waals surface area contributed by atoms with Gasteiger partial charge in [0, 0.05) is 22.7 Å². The van der Waals surface area contributed by atoms with Crippen molar-refractivity contribution in [1.82, 2.24) is 5.32 Å². The monoisotopic (exact) mass is 327 g/mol. The van der Waals surface area contributed by atoms with Gasteiger partial charge in [0.1, 0.15) is 0 Å². The van der Waals surface area contributed by atoms with E-state index in [1.165, 1.54) is 7.11 Å². The molecule has 0 aliphatic heterocycles. The lowest BCUT2D eigenvalue weighted by Crippen LogP contribution is -2.40. The van der Waals surface area contributed by atoms with E-state index in [2.05, 4.69) is 10.5 Å². The topological polar surface area (TPSA) is 96.9 Å². The number of rotatable bonds is 3. The molecule has 0 fully saturated rings. The number of ether oxygens (including phenoxy) is 1. The number of benzene rings is 1. The molecule has 1 amide bonds. The molecule has 0 saturated heterocycles. The Bertz CT molecular complexity index is 462. The third-order valence-electron chi connectivity index (χ3n) is 2.09. The quantitative estimate of drug-likeness (QED) is 0.342. The average Bonchev–Trinajstić information content (AvgIpc) is 2.33. The zero-order valence-electron chi connectivity index (χ0n) is 9.76. The predicted molar refractivity (Wildman–Crippen MR) is 75.0 cm³/mol. The van der Waals surface area contributed by atoms with E-state index in [4.69, 9.17) is 38.9 Å². The van der Waals surface area contributed by atoms with E-state index >= 15 is 0 Å². The Hall–Kier alpha value is -1.21. The standard InChI is InChI=1S/C10H11Cl2N3O3.ClH/c1-18-8(9(16)14-10(13)15-17)7-5(11)3-2-4-6(7)12;/h2-4,8,17H,1H3,(H3,13,14,15,16);1H. The van der Waals surface area contributed by atoms with Gasteiger partial charge < -0.3 is 15.7 Å². The van der Waals surface area contributed by atoms with Crippen LogP contribution in [0.2, 0.25) is 10.0 Å². The SMILES string of the molecule is COC(C(=O)N/C(N)=N/O)c1c(Cl)cccc1Cl.Cl. The van der Waals surface area contributed by atoms with Crippen LogP contribution < -0.4 is 11.1 Å². The summed E-state index contributed by atoms with van der Waals surface area (Å²) in [4.78, 5) is 11.8. The molecule has 1 rings (SSSR count). The number of methoxy groups -OCH3 is 1. The van der Waals surface area contributed by atoms with E-state index in [0.717, 1.165) is 0 Å². The van der Waals surface area contributed by atoms with Gasteiger partial charge in [0.2, 0.25) is 5.96 Å². The largest absolute Gasteiger partial charge is 0.408 e. The van der Waals surface area contributed by atoms with E-state index in [1.807, 2.05) is 0 Å². The number of oxime groups is 1. The fourth-order valence-electron chi connectivity index (χ4n) is 1.33. The Morgan fingerprint density at radius 3 is 2.42 bits per heavy atom. The van der Waals surface area contributed by atoms with Crippen LogP contribution in [0.25, 0.3) is 0 Å². The summed E-state index contributed by atoms with van der Waals surface area (Å²) in [5.74, 6) is -1.10. The molecule has 1 aromatic carbocycles. The van der Waals surface area contributed by atoms with Crippen LogP contribution >= 0.6 is 35.6 Å². The number of nitrogens with one attached hydrogen (secondary N) is 1. The Morgan fingerprint density at radius 1 is 1.47 bits per heavy atom. The van der Waals surface area contributed by atoms with Crippen LogP contribution in [-0.4, -0.2) is 24.2 Å². The third-order valence-corrected chi connectivity index (χ3v) is 2.75. The van der Waals surface area contributed by atoms with Crippen LogP contribution in [0.15, 0.2) is 23.4 Å². The molecule has 0 aliphatic carbocycles. The summed E-state index contributed by atoms with van der Waals surface area (Å²) in [5.41, 5.74) is 5.48. The molecule has 0 aromatic heterocycles. The normalized spacial score (nSPS) is 12.5. The first-order valence-electron chi connectivity index (χ1n) is 4.76. The summed E-state index contributed by atoms with van der Waals surface area (Å²) < 4.78 is 5.03. The molecule has 19 heavy (non-hydrogen) atoms. The van der Waals surface area contributed by atoms with E-state index in [0.29, 0.717) is 5.56 Å². The maximum absolute atomic E-state index is 11.8. The van der Waals surface area contributed by atoms with Crippen molar-refractivity contribution in [1.29, 1.82) is 0 Å². The van der Waals surface area contributed by atoms with Gasteiger partial charge in [0.25, 0.3) is 5.91 Å². The second-order valence-corrected chi connectivity index (χ2v) is 4.04. The second-order valence-electron chi connectivity index (χ2n) is 3.23. The number of guanidine groups is 1. The maximum Gasteiger partial charge on any atom is 0.260 e. The van der Waals surface area contributed by atoms with Crippen LogP contribution in [0, 0.1) is 0 Å². The molecule has 0 spiro atoms. The molecule has 6 nitrogen and oxygen atoms in total. The molecule has 0 bridgehead atoms. The molecule has 1 aromatic rings. The highest BCUT2D eigenvalue weighted by atomic mass is 35.5. The summed E-state index contributed by atoms with van der Waals surface area (Å²) in [6.45, 7) is 0. The molecule has 0 aliphatic rings. The highest BCUT2D eigenvalue weighted by molar-refractivity contribution is 6.36. The molecule has 0 saturated carbocycles. The van der Waals surface area contributed by atoms with E-state index in [-0.39, 0.29) is 22.5 Å². The minimum absolute atomic E-state index is 0. The Balaban J connectivity index is 0.00000324. The van der Waals surface area contributed by atoms with Gasteiger partial charge in [-0.15, -0.1) is 12.4 Å². The lowest BCUT2D eigenvalue weighted by Gasteiger charge is -2.17. The smallest absolute Gasteiger partial charge is 0.260 e. The van der Waals surface area contributed by atoms with Crippen molar-refractivity contribution < 1.29 is 14.7 Å². The van der Waals surface area contributed by atoms with Crippen molar-refractivity contribution in [3.8, 4) is 0 Å². The van der Waals surface area contributed by atoms with Crippen molar-refractivity contribution in [3.63, 3.8) is 0 Å². The van der Waals surface area contributed by atoms with Crippen LogP contribution in [0.1, 0.15) is 11.7 Å². The molecule has 0 radical (unpaired) electrons. The Kier molecular flexibility index (Phi) is 7.55. The van der Waals surface area contributed by atoms with Crippen LogP contribution in [0.5, 0.6) is 0 Å². The number of carbonyl (C=O) groups excluding carboxylic acids is 1. The first-order valence-corrected chi connectivity index (χ1v) is 5.52. The van der Waals surface area contributed by atoms with Gasteiger partial charge >= 0.3 is 0 Å². The summed E-state index contributed by atoms with van der Waals surface area (Å²) >= 11 is 11.9. The van der Waals surface area contributed by atoms with Crippen LogP contribution in [0.4, 0.5) is 0 Å². The van der Waals surface area contributed by atoms with Crippen LogP contribution in [0.3, 0.4) is 0 Å². The zero-order chi connectivity index (χ0) is 13.7. The molecule has 1 atom stereocenters. The molecule has 0 heterocycles. The minimum atomic E-state index is -1.06.